The van der Waals surface area contributed by atoms with Gasteiger partial charge in [-0.2, -0.15) is 5.10 Å². The van der Waals surface area contributed by atoms with Gasteiger partial charge in [-0.15, -0.1) is 0 Å². The summed E-state index contributed by atoms with van der Waals surface area (Å²) in [5, 5.41) is 4.15. The minimum atomic E-state index is 0.149. The number of carbonyl (C=O) groups excluding carboxylic acids is 1. The standard InChI is InChI=1S/C19H27N5O/c1-15-12-17(24-14-20-13-21-24)8-9-18(15)19(25)23(11-10-22(2)3)16-6-4-5-7-16/h8-9,12-14,16H,4-7,10-11H2,1-3H3. The molecule has 3 rings (SSSR count). The van der Waals surface area contributed by atoms with Crippen molar-refractivity contribution < 1.29 is 4.79 Å². The van der Waals surface area contributed by atoms with Crippen LogP contribution in [0.1, 0.15) is 41.6 Å². The number of nitrogens with zero attached hydrogens (tertiary/aromatic N) is 5. The predicted octanol–water partition coefficient (Wildman–Crippen LogP) is 2.52. The van der Waals surface area contributed by atoms with E-state index in [1.807, 2.05) is 25.1 Å². The number of benzene rings is 1. The van der Waals surface area contributed by atoms with E-state index in [9.17, 15) is 4.79 Å². The second-order valence-corrected chi connectivity index (χ2v) is 7.08. The molecule has 1 saturated carbocycles. The van der Waals surface area contributed by atoms with Gasteiger partial charge in [0.25, 0.3) is 5.91 Å². The summed E-state index contributed by atoms with van der Waals surface area (Å²) >= 11 is 0. The topological polar surface area (TPSA) is 54.3 Å². The first kappa shape index (κ1) is 17.6. The smallest absolute Gasteiger partial charge is 0.254 e. The molecular weight excluding hydrogens is 314 g/mol. The van der Waals surface area contributed by atoms with Crippen LogP contribution in [0.4, 0.5) is 0 Å². The van der Waals surface area contributed by atoms with Gasteiger partial charge in [-0.3, -0.25) is 4.79 Å². The molecule has 0 atom stereocenters. The molecule has 1 heterocycles. The van der Waals surface area contributed by atoms with Crippen LogP contribution in [0, 0.1) is 6.92 Å². The molecule has 0 N–H and O–H groups in total. The van der Waals surface area contributed by atoms with Crippen LogP contribution in [-0.2, 0) is 0 Å². The third-order valence-corrected chi connectivity index (χ3v) is 4.94. The van der Waals surface area contributed by atoms with E-state index in [2.05, 4.69) is 34.0 Å². The van der Waals surface area contributed by atoms with Gasteiger partial charge in [0.1, 0.15) is 12.7 Å². The quantitative estimate of drug-likeness (QED) is 0.810. The fourth-order valence-electron chi connectivity index (χ4n) is 3.50. The fourth-order valence-corrected chi connectivity index (χ4v) is 3.50. The van der Waals surface area contributed by atoms with Crippen molar-refractivity contribution in [3.05, 3.63) is 42.0 Å². The third-order valence-electron chi connectivity index (χ3n) is 4.94. The molecule has 1 fully saturated rings. The molecule has 1 aliphatic rings. The maximum atomic E-state index is 13.2. The zero-order chi connectivity index (χ0) is 17.8. The van der Waals surface area contributed by atoms with E-state index in [4.69, 9.17) is 0 Å². The fraction of sp³-hybridized carbons (Fsp3) is 0.526. The molecule has 2 aromatic rings. The van der Waals surface area contributed by atoms with Crippen LogP contribution >= 0.6 is 0 Å². The lowest BCUT2D eigenvalue weighted by Crippen LogP contribution is -2.43. The predicted molar refractivity (Wildman–Crippen MR) is 97.9 cm³/mol. The maximum absolute atomic E-state index is 13.2. The van der Waals surface area contributed by atoms with Crippen LogP contribution in [0.3, 0.4) is 0 Å². The Balaban J connectivity index is 1.83. The Morgan fingerprint density at radius 2 is 2.00 bits per heavy atom. The molecule has 0 aliphatic heterocycles. The first-order chi connectivity index (χ1) is 12.1. The van der Waals surface area contributed by atoms with Crippen LogP contribution in [0.2, 0.25) is 0 Å². The van der Waals surface area contributed by atoms with Crippen molar-refractivity contribution >= 4 is 5.91 Å². The van der Waals surface area contributed by atoms with Crippen molar-refractivity contribution in [2.75, 3.05) is 27.2 Å². The van der Waals surface area contributed by atoms with E-state index >= 15 is 0 Å². The molecule has 0 saturated heterocycles. The molecular formula is C19H27N5O. The Bertz CT molecular complexity index is 705. The zero-order valence-corrected chi connectivity index (χ0v) is 15.4. The zero-order valence-electron chi connectivity index (χ0n) is 15.4. The van der Waals surface area contributed by atoms with Crippen molar-refractivity contribution in [3.8, 4) is 5.69 Å². The van der Waals surface area contributed by atoms with E-state index in [1.54, 1.807) is 11.0 Å². The second-order valence-electron chi connectivity index (χ2n) is 7.08. The number of rotatable bonds is 6. The average molecular weight is 341 g/mol. The number of amides is 1. The van der Waals surface area contributed by atoms with E-state index in [0.717, 1.165) is 42.7 Å². The molecule has 134 valence electrons. The summed E-state index contributed by atoms with van der Waals surface area (Å²) in [6.45, 7) is 3.66. The highest BCUT2D eigenvalue weighted by Gasteiger charge is 2.28. The molecule has 1 aromatic carbocycles. The molecule has 1 amide bonds. The third kappa shape index (κ3) is 4.07. The highest BCUT2D eigenvalue weighted by molar-refractivity contribution is 5.96. The lowest BCUT2D eigenvalue weighted by molar-refractivity contribution is 0.0667. The maximum Gasteiger partial charge on any atom is 0.254 e. The summed E-state index contributed by atoms with van der Waals surface area (Å²) in [4.78, 5) is 21.4. The van der Waals surface area contributed by atoms with Gasteiger partial charge >= 0.3 is 0 Å². The van der Waals surface area contributed by atoms with E-state index in [-0.39, 0.29) is 5.91 Å². The molecule has 0 radical (unpaired) electrons. The number of carbonyl (C=O) groups is 1. The van der Waals surface area contributed by atoms with E-state index in [1.165, 1.54) is 19.2 Å². The van der Waals surface area contributed by atoms with Crippen LogP contribution in [0.5, 0.6) is 0 Å². The van der Waals surface area contributed by atoms with Gasteiger partial charge in [-0.25, -0.2) is 9.67 Å². The van der Waals surface area contributed by atoms with Gasteiger partial charge in [-0.1, -0.05) is 12.8 Å². The van der Waals surface area contributed by atoms with Crippen molar-refractivity contribution in [1.29, 1.82) is 0 Å². The number of likely N-dealkylation sites (N-methyl/N-ethyl adjacent to an activating group) is 1. The lowest BCUT2D eigenvalue weighted by Gasteiger charge is -2.31. The van der Waals surface area contributed by atoms with Gasteiger partial charge < -0.3 is 9.80 Å². The van der Waals surface area contributed by atoms with Gasteiger partial charge in [0.05, 0.1) is 5.69 Å². The largest absolute Gasteiger partial charge is 0.334 e. The molecule has 0 spiro atoms. The van der Waals surface area contributed by atoms with Gasteiger partial charge in [0.2, 0.25) is 0 Å². The molecule has 1 aromatic heterocycles. The van der Waals surface area contributed by atoms with Crippen LogP contribution in [-0.4, -0.2) is 63.7 Å². The second kappa shape index (κ2) is 7.78. The summed E-state index contributed by atoms with van der Waals surface area (Å²) in [6, 6.07) is 6.24. The number of aryl methyl sites for hydroxylation is 1. The molecule has 0 unspecified atom stereocenters. The van der Waals surface area contributed by atoms with Crippen LogP contribution < -0.4 is 0 Å². The summed E-state index contributed by atoms with van der Waals surface area (Å²) < 4.78 is 1.71. The monoisotopic (exact) mass is 341 g/mol. The summed E-state index contributed by atoms with van der Waals surface area (Å²) in [5.74, 6) is 0.149. The summed E-state index contributed by atoms with van der Waals surface area (Å²) in [5.41, 5.74) is 2.69. The van der Waals surface area contributed by atoms with E-state index < -0.39 is 0 Å². The number of hydrogen-bond donors (Lipinski definition) is 0. The van der Waals surface area contributed by atoms with Gasteiger partial charge in [0.15, 0.2) is 0 Å². The van der Waals surface area contributed by atoms with E-state index in [0.29, 0.717) is 6.04 Å². The van der Waals surface area contributed by atoms with Crippen molar-refractivity contribution in [3.63, 3.8) is 0 Å². The normalized spacial score (nSPS) is 15.0. The van der Waals surface area contributed by atoms with Gasteiger partial charge in [0, 0.05) is 24.7 Å². The van der Waals surface area contributed by atoms with Crippen LogP contribution in [0.25, 0.3) is 5.69 Å². The number of hydrogen-bond acceptors (Lipinski definition) is 4. The average Bonchev–Trinajstić information content (AvgIpc) is 3.28. The minimum absolute atomic E-state index is 0.149. The Morgan fingerprint density at radius 1 is 1.24 bits per heavy atom. The van der Waals surface area contributed by atoms with Crippen molar-refractivity contribution in [1.82, 2.24) is 24.6 Å². The Morgan fingerprint density at radius 3 is 2.60 bits per heavy atom. The van der Waals surface area contributed by atoms with Gasteiger partial charge in [-0.05, 0) is 57.6 Å². The molecule has 6 heteroatoms. The van der Waals surface area contributed by atoms with Crippen molar-refractivity contribution in [2.45, 2.75) is 38.6 Å². The molecule has 6 nitrogen and oxygen atoms in total. The lowest BCUT2D eigenvalue weighted by atomic mass is 10.0. The Labute approximate surface area is 149 Å². The summed E-state index contributed by atoms with van der Waals surface area (Å²) in [7, 11) is 4.10. The SMILES string of the molecule is Cc1cc(-n2cncn2)ccc1C(=O)N(CCN(C)C)C1CCCC1. The molecule has 1 aliphatic carbocycles. The first-order valence-electron chi connectivity index (χ1n) is 8.97. The van der Waals surface area contributed by atoms with Crippen LogP contribution in [0.15, 0.2) is 30.9 Å². The molecule has 0 bridgehead atoms. The Kier molecular flexibility index (Phi) is 5.48. The minimum Gasteiger partial charge on any atom is -0.334 e. The molecule has 25 heavy (non-hydrogen) atoms. The highest BCUT2D eigenvalue weighted by Crippen LogP contribution is 2.26. The first-order valence-corrected chi connectivity index (χ1v) is 8.97. The van der Waals surface area contributed by atoms with Crippen molar-refractivity contribution in [2.24, 2.45) is 0 Å². The number of aromatic nitrogens is 3. The highest BCUT2D eigenvalue weighted by atomic mass is 16.2. The Hall–Kier alpha value is -2.21. The summed E-state index contributed by atoms with van der Waals surface area (Å²) in [6.07, 6.45) is 7.86.